The molecular formula is C18H26N4O. The molecule has 0 fully saturated rings. The minimum atomic E-state index is -0.0443. The van der Waals surface area contributed by atoms with Gasteiger partial charge in [-0.2, -0.15) is 5.10 Å². The molecule has 2 amide bonds. The van der Waals surface area contributed by atoms with Crippen molar-refractivity contribution in [3.8, 4) is 0 Å². The Hall–Kier alpha value is -2.30. The van der Waals surface area contributed by atoms with Crippen LogP contribution in [0, 0.1) is 12.8 Å². The van der Waals surface area contributed by atoms with Gasteiger partial charge in [0, 0.05) is 24.8 Å². The van der Waals surface area contributed by atoms with E-state index in [9.17, 15) is 4.79 Å². The number of nitrogens with one attached hydrogen (secondary N) is 2. The van der Waals surface area contributed by atoms with Crippen molar-refractivity contribution in [1.82, 2.24) is 20.4 Å². The topological polar surface area (TPSA) is 61.0 Å². The summed E-state index contributed by atoms with van der Waals surface area (Å²) >= 11 is 0. The highest BCUT2D eigenvalue weighted by Crippen LogP contribution is 2.12. The zero-order valence-corrected chi connectivity index (χ0v) is 14.2. The average Bonchev–Trinajstić information content (AvgIpc) is 2.97. The Bertz CT molecular complexity index is 608. The molecular weight excluding hydrogens is 288 g/mol. The third-order valence-corrected chi connectivity index (χ3v) is 4.18. The normalized spacial score (nSPS) is 12.0. The zero-order chi connectivity index (χ0) is 16.7. The van der Waals surface area contributed by atoms with Gasteiger partial charge in [0.25, 0.3) is 0 Å². The summed E-state index contributed by atoms with van der Waals surface area (Å²) in [5, 5.41) is 9.92. The molecule has 2 N–H and O–H groups in total. The Balaban J connectivity index is 1.81. The van der Waals surface area contributed by atoms with Gasteiger partial charge in [0.05, 0.1) is 12.7 Å². The van der Waals surface area contributed by atoms with Crippen molar-refractivity contribution >= 4 is 6.03 Å². The van der Waals surface area contributed by atoms with Crippen LogP contribution in [0.3, 0.4) is 0 Å². The minimum Gasteiger partial charge on any atom is -0.338 e. The highest BCUT2D eigenvalue weighted by atomic mass is 16.2. The lowest BCUT2D eigenvalue weighted by Crippen LogP contribution is -2.39. The fourth-order valence-corrected chi connectivity index (χ4v) is 2.54. The molecule has 0 bridgehead atoms. The number of aromatic amines is 1. The van der Waals surface area contributed by atoms with E-state index in [0.29, 0.717) is 19.0 Å². The van der Waals surface area contributed by atoms with E-state index in [1.54, 1.807) is 18.1 Å². The van der Waals surface area contributed by atoms with Gasteiger partial charge in [-0.15, -0.1) is 0 Å². The number of carbonyl (C=O) groups is 1. The number of urea groups is 1. The molecule has 2 rings (SSSR count). The van der Waals surface area contributed by atoms with Crippen molar-refractivity contribution in [2.45, 2.75) is 33.2 Å². The van der Waals surface area contributed by atoms with E-state index in [-0.39, 0.29) is 6.03 Å². The Kier molecular flexibility index (Phi) is 6.20. The van der Waals surface area contributed by atoms with Gasteiger partial charge in [-0.05, 0) is 24.8 Å². The summed E-state index contributed by atoms with van der Waals surface area (Å²) < 4.78 is 0. The van der Waals surface area contributed by atoms with E-state index in [2.05, 4.69) is 46.7 Å². The lowest BCUT2D eigenvalue weighted by Gasteiger charge is -2.21. The molecule has 0 aliphatic rings. The number of hydrogen-bond acceptors (Lipinski definition) is 2. The van der Waals surface area contributed by atoms with Crippen molar-refractivity contribution in [2.24, 2.45) is 5.92 Å². The number of amides is 2. The summed E-state index contributed by atoms with van der Waals surface area (Å²) in [5.41, 5.74) is 3.36. The largest absolute Gasteiger partial charge is 0.338 e. The molecule has 1 atom stereocenters. The van der Waals surface area contributed by atoms with E-state index in [1.165, 1.54) is 5.56 Å². The molecule has 0 aliphatic carbocycles. The molecule has 1 aromatic heterocycles. The molecule has 23 heavy (non-hydrogen) atoms. The summed E-state index contributed by atoms with van der Waals surface area (Å²) in [5.74, 6) is 0.449. The van der Waals surface area contributed by atoms with Gasteiger partial charge >= 0.3 is 6.03 Å². The predicted octanol–water partition coefficient (Wildman–Crippen LogP) is 3.13. The van der Waals surface area contributed by atoms with Gasteiger partial charge < -0.3 is 10.2 Å². The lowest BCUT2D eigenvalue weighted by molar-refractivity contribution is 0.204. The van der Waals surface area contributed by atoms with Gasteiger partial charge in [-0.3, -0.25) is 5.10 Å². The summed E-state index contributed by atoms with van der Waals surface area (Å²) in [6.07, 6.45) is 3.80. The summed E-state index contributed by atoms with van der Waals surface area (Å²) in [6, 6.07) is 10.4. The standard InChI is InChI=1S/C18H26N4O/c1-4-15(10-16-8-6-5-7-9-16)11-19-18(23)22(3)13-17-12-20-21-14(17)2/h5-9,12,15H,4,10-11,13H2,1-3H3,(H,19,23)(H,20,21). The second kappa shape index (κ2) is 8.36. The molecule has 5 heteroatoms. The fourth-order valence-electron chi connectivity index (χ4n) is 2.54. The molecule has 1 heterocycles. The highest BCUT2D eigenvalue weighted by molar-refractivity contribution is 5.73. The number of hydrogen-bond donors (Lipinski definition) is 2. The van der Waals surface area contributed by atoms with Crippen molar-refractivity contribution in [1.29, 1.82) is 0 Å². The van der Waals surface area contributed by atoms with Crippen molar-refractivity contribution < 1.29 is 4.79 Å². The number of nitrogens with zero attached hydrogens (tertiary/aromatic N) is 2. The average molecular weight is 314 g/mol. The SMILES string of the molecule is CCC(CNC(=O)N(C)Cc1cn[nH]c1C)Cc1ccccc1. The van der Waals surface area contributed by atoms with Crippen LogP contribution < -0.4 is 5.32 Å². The zero-order valence-electron chi connectivity index (χ0n) is 14.2. The highest BCUT2D eigenvalue weighted by Gasteiger charge is 2.14. The third kappa shape index (κ3) is 5.13. The van der Waals surface area contributed by atoms with Crippen LogP contribution in [0.2, 0.25) is 0 Å². The molecule has 0 saturated carbocycles. The van der Waals surface area contributed by atoms with Gasteiger partial charge in [-0.25, -0.2) is 4.79 Å². The number of H-pyrrole nitrogens is 1. The Morgan fingerprint density at radius 1 is 1.35 bits per heavy atom. The first kappa shape index (κ1) is 17.1. The van der Waals surface area contributed by atoms with Crippen LogP contribution in [0.4, 0.5) is 4.79 Å². The molecule has 0 aliphatic heterocycles. The minimum absolute atomic E-state index is 0.0443. The number of benzene rings is 1. The maximum Gasteiger partial charge on any atom is 0.317 e. The van der Waals surface area contributed by atoms with Gasteiger partial charge in [-0.1, -0.05) is 43.7 Å². The third-order valence-electron chi connectivity index (χ3n) is 4.18. The first-order valence-corrected chi connectivity index (χ1v) is 8.11. The van der Waals surface area contributed by atoms with Gasteiger partial charge in [0.2, 0.25) is 0 Å². The quantitative estimate of drug-likeness (QED) is 0.825. The number of aromatic nitrogens is 2. The Labute approximate surface area is 138 Å². The molecule has 0 radical (unpaired) electrons. The Morgan fingerprint density at radius 2 is 2.09 bits per heavy atom. The van der Waals surface area contributed by atoms with Crippen LogP contribution in [0.5, 0.6) is 0 Å². The van der Waals surface area contributed by atoms with Gasteiger partial charge in [0.1, 0.15) is 0 Å². The molecule has 1 unspecified atom stereocenters. The summed E-state index contributed by atoms with van der Waals surface area (Å²) in [7, 11) is 1.81. The summed E-state index contributed by atoms with van der Waals surface area (Å²) in [6.45, 7) is 5.38. The smallest absolute Gasteiger partial charge is 0.317 e. The van der Waals surface area contributed by atoms with Crippen LogP contribution in [0.15, 0.2) is 36.5 Å². The van der Waals surface area contributed by atoms with Gasteiger partial charge in [0.15, 0.2) is 0 Å². The van der Waals surface area contributed by atoms with Crippen molar-refractivity contribution in [3.63, 3.8) is 0 Å². The maximum atomic E-state index is 12.2. The van der Waals surface area contributed by atoms with E-state index < -0.39 is 0 Å². The van der Waals surface area contributed by atoms with E-state index in [4.69, 9.17) is 0 Å². The number of carbonyl (C=O) groups excluding carboxylic acids is 1. The number of rotatable bonds is 7. The van der Waals surface area contributed by atoms with E-state index in [0.717, 1.165) is 24.1 Å². The lowest BCUT2D eigenvalue weighted by atomic mass is 9.97. The van der Waals surface area contributed by atoms with Crippen LogP contribution in [-0.4, -0.2) is 34.7 Å². The van der Waals surface area contributed by atoms with E-state index >= 15 is 0 Å². The fraction of sp³-hybridized carbons (Fsp3) is 0.444. The monoisotopic (exact) mass is 314 g/mol. The molecule has 124 valence electrons. The molecule has 2 aromatic rings. The predicted molar refractivity (Wildman–Crippen MR) is 92.1 cm³/mol. The van der Waals surface area contributed by atoms with Crippen molar-refractivity contribution in [2.75, 3.05) is 13.6 Å². The summed E-state index contributed by atoms with van der Waals surface area (Å²) in [4.78, 5) is 13.9. The molecule has 5 nitrogen and oxygen atoms in total. The first-order valence-electron chi connectivity index (χ1n) is 8.11. The van der Waals surface area contributed by atoms with Crippen LogP contribution >= 0.6 is 0 Å². The van der Waals surface area contributed by atoms with E-state index in [1.807, 2.05) is 13.0 Å². The van der Waals surface area contributed by atoms with Crippen LogP contribution in [0.1, 0.15) is 30.2 Å². The van der Waals surface area contributed by atoms with Crippen LogP contribution in [0.25, 0.3) is 0 Å². The first-order chi connectivity index (χ1) is 11.1. The number of aryl methyl sites for hydroxylation is 1. The molecule has 1 aromatic carbocycles. The van der Waals surface area contributed by atoms with Crippen molar-refractivity contribution in [3.05, 3.63) is 53.3 Å². The maximum absolute atomic E-state index is 12.2. The Morgan fingerprint density at radius 3 is 2.70 bits per heavy atom. The van der Waals surface area contributed by atoms with Crippen LogP contribution in [-0.2, 0) is 13.0 Å². The molecule has 0 spiro atoms. The second-order valence-corrected chi connectivity index (χ2v) is 6.03. The molecule has 0 saturated heterocycles. The second-order valence-electron chi connectivity index (χ2n) is 6.03.